The number of methoxy groups -OCH3 is 1. The van der Waals surface area contributed by atoms with Crippen LogP contribution in [0.3, 0.4) is 0 Å². The highest BCUT2D eigenvalue weighted by atomic mass is 127. The standard InChI is InChI=1S/C21H36N4O3.HI/c1-4-22-20(23-11-5-6-18-7-9-19(27-3)10-8-18)24-16-21(2,26)17-25-12-14-28-15-13-25;/h7-10,26H,4-6,11-17H2,1-3H3,(H2,22,23,24);1H. The van der Waals surface area contributed by atoms with Crippen molar-refractivity contribution in [2.75, 3.05) is 59.6 Å². The van der Waals surface area contributed by atoms with Crippen LogP contribution >= 0.6 is 24.0 Å². The lowest BCUT2D eigenvalue weighted by Crippen LogP contribution is -2.48. The second kappa shape index (κ2) is 14.0. The van der Waals surface area contributed by atoms with Crippen molar-refractivity contribution in [1.29, 1.82) is 0 Å². The van der Waals surface area contributed by atoms with Crippen LogP contribution in [0.5, 0.6) is 5.75 Å². The van der Waals surface area contributed by atoms with Crippen molar-refractivity contribution in [3.8, 4) is 5.75 Å². The number of hydrogen-bond acceptors (Lipinski definition) is 5. The molecular weight excluding hydrogens is 483 g/mol. The molecule has 0 spiro atoms. The second-order valence-corrected chi connectivity index (χ2v) is 7.46. The van der Waals surface area contributed by atoms with Gasteiger partial charge in [-0.2, -0.15) is 0 Å². The molecular formula is C21H37IN4O3. The summed E-state index contributed by atoms with van der Waals surface area (Å²) in [6.07, 6.45) is 1.99. The van der Waals surface area contributed by atoms with Gasteiger partial charge >= 0.3 is 0 Å². The average Bonchev–Trinajstić information content (AvgIpc) is 2.70. The van der Waals surface area contributed by atoms with Gasteiger partial charge in [0.1, 0.15) is 5.75 Å². The molecule has 1 atom stereocenters. The number of nitrogens with one attached hydrogen (secondary N) is 2. The summed E-state index contributed by atoms with van der Waals surface area (Å²) in [6, 6.07) is 8.18. The van der Waals surface area contributed by atoms with E-state index in [0.29, 0.717) is 13.1 Å². The first kappa shape index (κ1) is 25.9. The Hall–Kier alpha value is -1.10. The highest BCUT2D eigenvalue weighted by molar-refractivity contribution is 14.0. The molecule has 1 aliphatic heterocycles. The van der Waals surface area contributed by atoms with E-state index in [4.69, 9.17) is 9.47 Å². The van der Waals surface area contributed by atoms with Crippen LogP contribution < -0.4 is 15.4 Å². The minimum absolute atomic E-state index is 0. The largest absolute Gasteiger partial charge is 0.497 e. The normalized spacial score (nSPS) is 17.2. The van der Waals surface area contributed by atoms with Crippen molar-refractivity contribution < 1.29 is 14.6 Å². The molecule has 0 aromatic heterocycles. The summed E-state index contributed by atoms with van der Waals surface area (Å²) in [4.78, 5) is 6.82. The molecule has 0 aliphatic carbocycles. The summed E-state index contributed by atoms with van der Waals surface area (Å²) >= 11 is 0. The predicted molar refractivity (Wildman–Crippen MR) is 129 cm³/mol. The lowest BCUT2D eigenvalue weighted by Gasteiger charge is -2.33. The Balaban J connectivity index is 0.00000420. The van der Waals surface area contributed by atoms with E-state index in [2.05, 4.69) is 32.7 Å². The van der Waals surface area contributed by atoms with Crippen LogP contribution in [0.4, 0.5) is 0 Å². The molecule has 8 heteroatoms. The van der Waals surface area contributed by atoms with Gasteiger partial charge in [-0.25, -0.2) is 0 Å². The number of morpholine rings is 1. The van der Waals surface area contributed by atoms with Crippen molar-refractivity contribution in [2.45, 2.75) is 32.3 Å². The van der Waals surface area contributed by atoms with Gasteiger partial charge in [0.25, 0.3) is 0 Å². The van der Waals surface area contributed by atoms with Gasteiger partial charge in [0.05, 0.1) is 32.5 Å². The number of rotatable bonds is 10. The molecule has 0 bridgehead atoms. The highest BCUT2D eigenvalue weighted by Crippen LogP contribution is 2.12. The lowest BCUT2D eigenvalue weighted by atomic mass is 10.1. The van der Waals surface area contributed by atoms with Gasteiger partial charge in [-0.1, -0.05) is 12.1 Å². The molecule has 1 aromatic rings. The number of hydrogen-bond donors (Lipinski definition) is 3. The van der Waals surface area contributed by atoms with E-state index in [1.165, 1.54) is 5.56 Å². The topological polar surface area (TPSA) is 78.4 Å². The van der Waals surface area contributed by atoms with Crippen molar-refractivity contribution in [3.63, 3.8) is 0 Å². The van der Waals surface area contributed by atoms with Gasteiger partial charge in [-0.3, -0.25) is 9.89 Å². The number of guanidine groups is 1. The summed E-state index contributed by atoms with van der Waals surface area (Å²) in [5.41, 5.74) is 0.431. The first-order chi connectivity index (χ1) is 13.5. The van der Waals surface area contributed by atoms with Crippen molar-refractivity contribution in [3.05, 3.63) is 29.8 Å². The highest BCUT2D eigenvalue weighted by Gasteiger charge is 2.25. The van der Waals surface area contributed by atoms with E-state index in [0.717, 1.165) is 63.9 Å². The number of ether oxygens (including phenoxy) is 2. The first-order valence-electron chi connectivity index (χ1n) is 10.2. The SMILES string of the molecule is CCNC(=NCC(C)(O)CN1CCOCC1)NCCCc1ccc(OC)cc1.I. The third-order valence-corrected chi connectivity index (χ3v) is 4.68. The molecule has 1 heterocycles. The molecule has 1 aromatic carbocycles. The number of halogens is 1. The van der Waals surface area contributed by atoms with Crippen LogP contribution in [0.15, 0.2) is 29.3 Å². The Bertz CT molecular complexity index is 590. The summed E-state index contributed by atoms with van der Waals surface area (Å²) in [5.74, 6) is 1.63. The summed E-state index contributed by atoms with van der Waals surface area (Å²) in [6.45, 7) is 9.66. The quantitative estimate of drug-likeness (QED) is 0.189. The fourth-order valence-electron chi connectivity index (χ4n) is 3.17. The minimum Gasteiger partial charge on any atom is -0.497 e. The molecule has 0 saturated carbocycles. The minimum atomic E-state index is -0.858. The fraction of sp³-hybridized carbons (Fsp3) is 0.667. The molecule has 0 radical (unpaired) electrons. The van der Waals surface area contributed by atoms with Crippen LogP contribution in [0.25, 0.3) is 0 Å². The zero-order chi connectivity index (χ0) is 20.2. The van der Waals surface area contributed by atoms with Gasteiger partial charge in [0, 0.05) is 32.7 Å². The predicted octanol–water partition coefficient (Wildman–Crippen LogP) is 1.88. The van der Waals surface area contributed by atoms with Crippen molar-refractivity contribution >= 4 is 29.9 Å². The summed E-state index contributed by atoms with van der Waals surface area (Å²) in [7, 11) is 1.68. The fourth-order valence-corrected chi connectivity index (χ4v) is 3.17. The van der Waals surface area contributed by atoms with E-state index in [1.807, 2.05) is 26.0 Å². The van der Waals surface area contributed by atoms with Gasteiger partial charge < -0.3 is 25.2 Å². The lowest BCUT2D eigenvalue weighted by molar-refractivity contribution is -0.0179. The van der Waals surface area contributed by atoms with Crippen LogP contribution in [0.1, 0.15) is 25.8 Å². The van der Waals surface area contributed by atoms with Crippen molar-refractivity contribution in [1.82, 2.24) is 15.5 Å². The molecule has 1 fully saturated rings. The number of aliphatic imine (C=N–C) groups is 1. The molecule has 3 N–H and O–H groups in total. The number of aryl methyl sites for hydroxylation is 1. The number of aliphatic hydroxyl groups is 1. The molecule has 1 unspecified atom stereocenters. The Morgan fingerprint density at radius 1 is 1.24 bits per heavy atom. The molecule has 0 amide bonds. The van der Waals surface area contributed by atoms with Crippen molar-refractivity contribution in [2.24, 2.45) is 4.99 Å². The smallest absolute Gasteiger partial charge is 0.191 e. The molecule has 7 nitrogen and oxygen atoms in total. The van der Waals surface area contributed by atoms with E-state index >= 15 is 0 Å². The Kier molecular flexibility index (Phi) is 12.5. The summed E-state index contributed by atoms with van der Waals surface area (Å²) in [5, 5.41) is 17.3. The van der Waals surface area contributed by atoms with Crippen LogP contribution in [0, 0.1) is 0 Å². The van der Waals surface area contributed by atoms with E-state index in [9.17, 15) is 5.11 Å². The van der Waals surface area contributed by atoms with E-state index in [1.54, 1.807) is 7.11 Å². The van der Waals surface area contributed by atoms with Gasteiger partial charge in [-0.05, 0) is 44.4 Å². The maximum Gasteiger partial charge on any atom is 0.191 e. The van der Waals surface area contributed by atoms with E-state index in [-0.39, 0.29) is 24.0 Å². The molecule has 166 valence electrons. The number of β-amino-alcohol motifs (C(OH)–C–C–N with tert-alkyl or cyclic N) is 1. The molecule has 2 rings (SSSR count). The van der Waals surface area contributed by atoms with E-state index < -0.39 is 5.60 Å². The Morgan fingerprint density at radius 2 is 1.93 bits per heavy atom. The second-order valence-electron chi connectivity index (χ2n) is 7.46. The molecule has 1 saturated heterocycles. The molecule has 29 heavy (non-hydrogen) atoms. The van der Waals surface area contributed by atoms with Crippen LogP contribution in [0.2, 0.25) is 0 Å². The Labute approximate surface area is 192 Å². The van der Waals surface area contributed by atoms with Gasteiger partial charge in [0.15, 0.2) is 5.96 Å². The zero-order valence-electron chi connectivity index (χ0n) is 17.9. The third-order valence-electron chi connectivity index (χ3n) is 4.68. The summed E-state index contributed by atoms with van der Waals surface area (Å²) < 4.78 is 10.6. The molecule has 1 aliphatic rings. The maximum atomic E-state index is 10.7. The zero-order valence-corrected chi connectivity index (χ0v) is 20.3. The Morgan fingerprint density at radius 3 is 2.55 bits per heavy atom. The number of nitrogens with zero attached hydrogens (tertiary/aromatic N) is 2. The van der Waals surface area contributed by atoms with Crippen LogP contribution in [-0.2, 0) is 11.2 Å². The van der Waals surface area contributed by atoms with Gasteiger partial charge in [-0.15, -0.1) is 24.0 Å². The maximum absolute atomic E-state index is 10.7. The third kappa shape index (κ3) is 10.5. The van der Waals surface area contributed by atoms with Gasteiger partial charge in [0.2, 0.25) is 0 Å². The first-order valence-corrected chi connectivity index (χ1v) is 10.2. The number of benzene rings is 1. The van der Waals surface area contributed by atoms with Crippen LogP contribution in [-0.4, -0.2) is 81.2 Å². The average molecular weight is 520 g/mol. The monoisotopic (exact) mass is 520 g/mol.